The van der Waals surface area contributed by atoms with Gasteiger partial charge in [0.1, 0.15) is 0 Å². The SMILES string of the molecule is O=[N+]([O-])c1ccccc1S(=O)(=O)NCCSCc1cccc(Cl)c1. The number of benzene rings is 2. The van der Waals surface area contributed by atoms with Crippen LogP contribution in [-0.2, 0) is 15.8 Å². The Kier molecular flexibility index (Phi) is 6.61. The fourth-order valence-electron chi connectivity index (χ4n) is 1.98. The van der Waals surface area contributed by atoms with Crippen LogP contribution >= 0.6 is 23.4 Å². The molecular weight excluding hydrogens is 372 g/mol. The van der Waals surface area contributed by atoms with Gasteiger partial charge in [-0.1, -0.05) is 35.9 Å². The quantitative estimate of drug-likeness (QED) is 0.426. The molecule has 0 aliphatic heterocycles. The Balaban J connectivity index is 1.88. The first kappa shape index (κ1) is 18.7. The number of thioether (sulfide) groups is 1. The molecular formula is C15H15ClN2O4S2. The van der Waals surface area contributed by atoms with Gasteiger partial charge < -0.3 is 0 Å². The first-order chi connectivity index (χ1) is 11.4. The van der Waals surface area contributed by atoms with Gasteiger partial charge in [-0.25, -0.2) is 13.1 Å². The molecule has 0 aliphatic carbocycles. The summed E-state index contributed by atoms with van der Waals surface area (Å²) < 4.78 is 26.8. The molecule has 0 saturated carbocycles. The van der Waals surface area contributed by atoms with Crippen molar-refractivity contribution in [3.63, 3.8) is 0 Å². The van der Waals surface area contributed by atoms with Crippen molar-refractivity contribution in [2.75, 3.05) is 12.3 Å². The van der Waals surface area contributed by atoms with Crippen molar-refractivity contribution < 1.29 is 13.3 Å². The van der Waals surface area contributed by atoms with Crippen molar-refractivity contribution in [3.05, 3.63) is 69.2 Å². The lowest BCUT2D eigenvalue weighted by atomic mass is 10.2. The summed E-state index contributed by atoms with van der Waals surface area (Å²) in [4.78, 5) is 9.90. The van der Waals surface area contributed by atoms with Crippen LogP contribution in [0, 0.1) is 10.1 Å². The second kappa shape index (κ2) is 8.48. The Morgan fingerprint density at radius 2 is 1.92 bits per heavy atom. The lowest BCUT2D eigenvalue weighted by Crippen LogP contribution is -2.26. The summed E-state index contributed by atoms with van der Waals surface area (Å²) in [7, 11) is -3.91. The van der Waals surface area contributed by atoms with Gasteiger partial charge in [0, 0.05) is 29.1 Å². The van der Waals surface area contributed by atoms with Crippen LogP contribution in [0.25, 0.3) is 0 Å². The van der Waals surface area contributed by atoms with Gasteiger partial charge in [-0.05, 0) is 23.8 Å². The normalized spacial score (nSPS) is 11.4. The second-order valence-corrected chi connectivity index (χ2v) is 8.08. The molecule has 1 N–H and O–H groups in total. The molecule has 6 nitrogen and oxygen atoms in total. The maximum atomic E-state index is 12.2. The molecule has 2 aromatic rings. The number of hydrogen-bond acceptors (Lipinski definition) is 5. The van der Waals surface area contributed by atoms with Crippen LogP contribution in [0.4, 0.5) is 5.69 Å². The van der Waals surface area contributed by atoms with E-state index in [9.17, 15) is 18.5 Å². The summed E-state index contributed by atoms with van der Waals surface area (Å²) in [5, 5.41) is 11.6. The van der Waals surface area contributed by atoms with Crippen LogP contribution in [-0.4, -0.2) is 25.6 Å². The minimum Gasteiger partial charge on any atom is -0.258 e. The van der Waals surface area contributed by atoms with E-state index in [1.54, 1.807) is 17.8 Å². The standard InChI is InChI=1S/C15H15ClN2O4S2/c16-13-5-3-4-12(10-13)11-23-9-8-17-24(21,22)15-7-2-1-6-14(15)18(19)20/h1-7,10,17H,8-9,11H2. The zero-order valence-electron chi connectivity index (χ0n) is 12.5. The molecule has 0 spiro atoms. The average Bonchev–Trinajstić information content (AvgIpc) is 2.54. The van der Waals surface area contributed by atoms with E-state index < -0.39 is 20.6 Å². The summed E-state index contributed by atoms with van der Waals surface area (Å²) >= 11 is 7.44. The molecule has 0 radical (unpaired) electrons. The van der Waals surface area contributed by atoms with Crippen LogP contribution in [0.15, 0.2) is 53.4 Å². The molecule has 9 heteroatoms. The van der Waals surface area contributed by atoms with E-state index in [0.717, 1.165) is 5.56 Å². The van der Waals surface area contributed by atoms with Gasteiger partial charge in [0.15, 0.2) is 4.90 Å². The number of sulfonamides is 1. The van der Waals surface area contributed by atoms with Crippen molar-refractivity contribution in [2.24, 2.45) is 0 Å². The molecule has 0 atom stereocenters. The average molecular weight is 387 g/mol. The zero-order chi connectivity index (χ0) is 17.6. The Hall–Kier alpha value is -1.61. The molecule has 24 heavy (non-hydrogen) atoms. The topological polar surface area (TPSA) is 89.3 Å². The molecule has 0 aliphatic rings. The first-order valence-electron chi connectivity index (χ1n) is 6.95. The fourth-order valence-corrected chi connectivity index (χ4v) is 4.33. The highest BCUT2D eigenvalue weighted by molar-refractivity contribution is 7.98. The Bertz CT molecular complexity index is 828. The second-order valence-electron chi connectivity index (χ2n) is 4.81. The molecule has 0 bridgehead atoms. The summed E-state index contributed by atoms with van der Waals surface area (Å²) in [6.45, 7) is 0.180. The Morgan fingerprint density at radius 1 is 1.17 bits per heavy atom. The molecule has 2 rings (SSSR count). The fraction of sp³-hybridized carbons (Fsp3) is 0.200. The third-order valence-corrected chi connectivity index (χ3v) is 5.82. The van der Waals surface area contributed by atoms with Crippen molar-refractivity contribution in [3.8, 4) is 0 Å². The summed E-state index contributed by atoms with van der Waals surface area (Å²) in [6, 6.07) is 12.7. The molecule has 0 heterocycles. The molecule has 0 unspecified atom stereocenters. The van der Waals surface area contributed by atoms with E-state index in [2.05, 4.69) is 4.72 Å². The number of hydrogen-bond donors (Lipinski definition) is 1. The maximum absolute atomic E-state index is 12.2. The van der Waals surface area contributed by atoms with E-state index in [1.165, 1.54) is 24.3 Å². The Labute approximate surface area is 149 Å². The molecule has 0 fully saturated rings. The third-order valence-electron chi connectivity index (χ3n) is 3.05. The van der Waals surface area contributed by atoms with E-state index in [0.29, 0.717) is 16.5 Å². The number of nitrogens with one attached hydrogen (secondary N) is 1. The first-order valence-corrected chi connectivity index (χ1v) is 9.97. The van der Waals surface area contributed by atoms with E-state index in [1.807, 2.05) is 18.2 Å². The predicted molar refractivity (Wildman–Crippen MR) is 95.9 cm³/mol. The van der Waals surface area contributed by atoms with Gasteiger partial charge in [0.25, 0.3) is 5.69 Å². The molecule has 0 aromatic heterocycles. The number of para-hydroxylation sites is 1. The highest BCUT2D eigenvalue weighted by Crippen LogP contribution is 2.22. The van der Waals surface area contributed by atoms with Gasteiger partial charge in [-0.2, -0.15) is 11.8 Å². The third kappa shape index (κ3) is 5.20. The monoisotopic (exact) mass is 386 g/mol. The largest absolute Gasteiger partial charge is 0.289 e. The van der Waals surface area contributed by atoms with Gasteiger partial charge in [-0.3, -0.25) is 10.1 Å². The van der Waals surface area contributed by atoms with Crippen molar-refractivity contribution in [1.29, 1.82) is 0 Å². The smallest absolute Gasteiger partial charge is 0.258 e. The molecule has 128 valence electrons. The number of nitrogens with zero attached hydrogens (tertiary/aromatic N) is 1. The van der Waals surface area contributed by atoms with Crippen molar-refractivity contribution in [2.45, 2.75) is 10.6 Å². The van der Waals surface area contributed by atoms with Gasteiger partial charge in [0.2, 0.25) is 10.0 Å². The van der Waals surface area contributed by atoms with Crippen LogP contribution in [0.2, 0.25) is 5.02 Å². The van der Waals surface area contributed by atoms with Crippen LogP contribution in [0.1, 0.15) is 5.56 Å². The zero-order valence-corrected chi connectivity index (χ0v) is 14.9. The lowest BCUT2D eigenvalue weighted by Gasteiger charge is -2.07. The van der Waals surface area contributed by atoms with Gasteiger partial charge in [-0.15, -0.1) is 0 Å². The van der Waals surface area contributed by atoms with Crippen molar-refractivity contribution >= 4 is 39.1 Å². The Morgan fingerprint density at radius 3 is 2.62 bits per heavy atom. The molecule has 2 aromatic carbocycles. The molecule has 0 amide bonds. The summed E-state index contributed by atoms with van der Waals surface area (Å²) in [6.07, 6.45) is 0. The predicted octanol–water partition coefficient (Wildman–Crippen LogP) is 3.46. The minimum absolute atomic E-state index is 0.180. The van der Waals surface area contributed by atoms with E-state index in [4.69, 9.17) is 11.6 Å². The molecule has 0 saturated heterocycles. The van der Waals surface area contributed by atoms with Gasteiger partial charge >= 0.3 is 0 Å². The minimum atomic E-state index is -3.91. The summed E-state index contributed by atoms with van der Waals surface area (Å²) in [5.74, 6) is 1.24. The van der Waals surface area contributed by atoms with Crippen LogP contribution in [0.3, 0.4) is 0 Å². The van der Waals surface area contributed by atoms with Gasteiger partial charge in [0.05, 0.1) is 4.92 Å². The number of nitro benzene ring substituents is 1. The lowest BCUT2D eigenvalue weighted by molar-refractivity contribution is -0.387. The highest BCUT2D eigenvalue weighted by atomic mass is 35.5. The van der Waals surface area contributed by atoms with Crippen molar-refractivity contribution in [1.82, 2.24) is 4.72 Å². The van der Waals surface area contributed by atoms with Crippen LogP contribution < -0.4 is 4.72 Å². The number of halogens is 1. The number of rotatable bonds is 8. The van der Waals surface area contributed by atoms with E-state index in [-0.39, 0.29) is 11.4 Å². The maximum Gasteiger partial charge on any atom is 0.289 e. The highest BCUT2D eigenvalue weighted by Gasteiger charge is 2.24. The van der Waals surface area contributed by atoms with E-state index >= 15 is 0 Å². The van der Waals surface area contributed by atoms with Crippen LogP contribution in [0.5, 0.6) is 0 Å². The number of nitro groups is 1. The summed E-state index contributed by atoms with van der Waals surface area (Å²) in [5.41, 5.74) is 0.616.